The number of aryl methyl sites for hydroxylation is 1. The molecule has 0 N–H and O–H groups in total. The maximum atomic E-state index is 12.6. The summed E-state index contributed by atoms with van der Waals surface area (Å²) in [6.07, 6.45) is 6.67. The molecule has 3 rings (SSSR count). The molecule has 3 heterocycles. The van der Waals surface area contributed by atoms with E-state index in [2.05, 4.69) is 16.8 Å². The molecule has 1 atom stereocenters. The standard InChI is InChI=1S/C17H21N3O2/c1-3-13-8-4-5-9-19(13)16-14(11-21)17(22)20-10-6-7-12(2)15(20)18-16/h6-7,10-11,13H,3-5,8-9H2,1-2H3/t13-/m0/s1. The summed E-state index contributed by atoms with van der Waals surface area (Å²) in [6, 6.07) is 4.08. The van der Waals surface area contributed by atoms with E-state index in [0.717, 1.165) is 31.4 Å². The van der Waals surface area contributed by atoms with Crippen LogP contribution in [-0.4, -0.2) is 28.3 Å². The summed E-state index contributed by atoms with van der Waals surface area (Å²) in [7, 11) is 0. The van der Waals surface area contributed by atoms with E-state index in [1.54, 1.807) is 12.3 Å². The van der Waals surface area contributed by atoms with Crippen LogP contribution in [0.25, 0.3) is 5.65 Å². The zero-order valence-corrected chi connectivity index (χ0v) is 13.1. The molecule has 1 aliphatic rings. The number of anilines is 1. The van der Waals surface area contributed by atoms with E-state index < -0.39 is 0 Å². The number of nitrogens with zero attached hydrogens (tertiary/aromatic N) is 3. The van der Waals surface area contributed by atoms with E-state index in [9.17, 15) is 9.59 Å². The van der Waals surface area contributed by atoms with Gasteiger partial charge in [0.05, 0.1) is 0 Å². The fourth-order valence-electron chi connectivity index (χ4n) is 3.33. The largest absolute Gasteiger partial charge is 0.353 e. The number of carbonyl (C=O) groups is 1. The zero-order valence-electron chi connectivity index (χ0n) is 13.1. The van der Waals surface area contributed by atoms with E-state index in [1.165, 1.54) is 10.8 Å². The summed E-state index contributed by atoms with van der Waals surface area (Å²) in [5, 5.41) is 0. The first-order valence-electron chi connectivity index (χ1n) is 7.91. The average molecular weight is 299 g/mol. The molecule has 0 unspecified atom stereocenters. The van der Waals surface area contributed by atoms with Crippen LogP contribution in [0, 0.1) is 6.92 Å². The van der Waals surface area contributed by atoms with Crippen molar-refractivity contribution in [1.82, 2.24) is 9.38 Å². The van der Waals surface area contributed by atoms with Crippen molar-refractivity contribution in [2.45, 2.75) is 45.6 Å². The predicted molar refractivity (Wildman–Crippen MR) is 86.9 cm³/mol. The SMILES string of the molecule is CC[C@H]1CCCCN1c1nc2c(C)cccn2c(=O)c1C=O. The third-order valence-electron chi connectivity index (χ3n) is 4.55. The molecule has 0 bridgehead atoms. The molecular weight excluding hydrogens is 278 g/mol. The average Bonchev–Trinajstić information content (AvgIpc) is 2.55. The van der Waals surface area contributed by atoms with Gasteiger partial charge in [-0.15, -0.1) is 0 Å². The molecule has 2 aromatic rings. The molecule has 0 saturated carbocycles. The van der Waals surface area contributed by atoms with Gasteiger partial charge in [-0.1, -0.05) is 13.0 Å². The molecule has 2 aromatic heterocycles. The van der Waals surface area contributed by atoms with Crippen LogP contribution >= 0.6 is 0 Å². The Labute approximate surface area is 129 Å². The lowest BCUT2D eigenvalue weighted by molar-refractivity contribution is 0.112. The van der Waals surface area contributed by atoms with Crippen molar-refractivity contribution in [3.05, 3.63) is 39.8 Å². The summed E-state index contributed by atoms with van der Waals surface area (Å²) >= 11 is 0. The second-order valence-corrected chi connectivity index (χ2v) is 5.91. The highest BCUT2D eigenvalue weighted by atomic mass is 16.1. The van der Waals surface area contributed by atoms with Gasteiger partial charge < -0.3 is 4.90 Å². The first kappa shape index (κ1) is 14.8. The van der Waals surface area contributed by atoms with Gasteiger partial charge in [-0.3, -0.25) is 14.0 Å². The summed E-state index contributed by atoms with van der Waals surface area (Å²) in [5.74, 6) is 0.556. The van der Waals surface area contributed by atoms with Crippen LogP contribution in [0.15, 0.2) is 23.1 Å². The molecule has 0 radical (unpaired) electrons. The lowest BCUT2D eigenvalue weighted by Gasteiger charge is -2.36. The van der Waals surface area contributed by atoms with Gasteiger partial charge >= 0.3 is 0 Å². The van der Waals surface area contributed by atoms with Crippen molar-refractivity contribution in [1.29, 1.82) is 0 Å². The van der Waals surface area contributed by atoms with Gasteiger partial charge in [-0.2, -0.15) is 0 Å². The van der Waals surface area contributed by atoms with Crippen LogP contribution in [0.4, 0.5) is 5.82 Å². The maximum absolute atomic E-state index is 12.6. The fraction of sp³-hybridized carbons (Fsp3) is 0.471. The molecule has 22 heavy (non-hydrogen) atoms. The molecule has 1 fully saturated rings. The normalized spacial score (nSPS) is 18.6. The number of hydrogen-bond donors (Lipinski definition) is 0. The Morgan fingerprint density at radius 1 is 1.41 bits per heavy atom. The lowest BCUT2D eigenvalue weighted by Crippen LogP contribution is -2.41. The number of aromatic nitrogens is 2. The van der Waals surface area contributed by atoms with Crippen molar-refractivity contribution in [3.8, 4) is 0 Å². The Kier molecular flexibility index (Phi) is 3.96. The second-order valence-electron chi connectivity index (χ2n) is 5.91. The summed E-state index contributed by atoms with van der Waals surface area (Å²) in [5.41, 5.74) is 1.46. The molecule has 0 amide bonds. The number of aldehydes is 1. The van der Waals surface area contributed by atoms with Gasteiger partial charge in [0.1, 0.15) is 17.0 Å². The number of hydrogen-bond acceptors (Lipinski definition) is 4. The molecule has 5 nitrogen and oxygen atoms in total. The van der Waals surface area contributed by atoms with Crippen LogP contribution < -0.4 is 10.5 Å². The van der Waals surface area contributed by atoms with Crippen LogP contribution in [0.3, 0.4) is 0 Å². The van der Waals surface area contributed by atoms with Crippen molar-refractivity contribution < 1.29 is 4.79 Å². The Bertz CT molecular complexity index is 766. The number of rotatable bonds is 3. The lowest BCUT2D eigenvalue weighted by atomic mass is 9.99. The minimum atomic E-state index is -0.279. The fourth-order valence-corrected chi connectivity index (χ4v) is 3.33. The maximum Gasteiger partial charge on any atom is 0.270 e. The van der Waals surface area contributed by atoms with Gasteiger partial charge in [0, 0.05) is 18.8 Å². The monoisotopic (exact) mass is 299 g/mol. The molecule has 1 saturated heterocycles. The molecule has 0 spiro atoms. The number of fused-ring (bicyclic) bond motifs is 1. The van der Waals surface area contributed by atoms with Crippen molar-refractivity contribution in [3.63, 3.8) is 0 Å². The Hall–Kier alpha value is -2.17. The van der Waals surface area contributed by atoms with Crippen molar-refractivity contribution >= 4 is 17.8 Å². The van der Waals surface area contributed by atoms with Gasteiger partial charge in [-0.05, 0) is 44.2 Å². The summed E-state index contributed by atoms with van der Waals surface area (Å²) in [4.78, 5) is 31.0. The summed E-state index contributed by atoms with van der Waals surface area (Å²) < 4.78 is 1.47. The third kappa shape index (κ3) is 2.30. The Balaban J connectivity index is 2.26. The van der Waals surface area contributed by atoms with E-state index in [0.29, 0.717) is 23.8 Å². The molecular formula is C17H21N3O2. The van der Waals surface area contributed by atoms with Crippen LogP contribution in [0.2, 0.25) is 0 Å². The molecule has 116 valence electrons. The minimum Gasteiger partial charge on any atom is -0.353 e. The van der Waals surface area contributed by atoms with E-state index in [-0.39, 0.29) is 11.1 Å². The zero-order chi connectivity index (χ0) is 15.7. The minimum absolute atomic E-state index is 0.170. The molecule has 1 aliphatic heterocycles. The number of piperidine rings is 1. The third-order valence-corrected chi connectivity index (χ3v) is 4.55. The first-order valence-corrected chi connectivity index (χ1v) is 7.91. The number of carbonyl (C=O) groups excluding carboxylic acids is 1. The van der Waals surface area contributed by atoms with Gasteiger partial charge in [0.15, 0.2) is 6.29 Å². The quantitative estimate of drug-likeness (QED) is 0.817. The van der Waals surface area contributed by atoms with Crippen molar-refractivity contribution in [2.24, 2.45) is 0 Å². The van der Waals surface area contributed by atoms with Gasteiger partial charge in [0.25, 0.3) is 5.56 Å². The van der Waals surface area contributed by atoms with E-state index in [4.69, 9.17) is 0 Å². The number of pyridine rings is 1. The first-order chi connectivity index (χ1) is 10.7. The van der Waals surface area contributed by atoms with Crippen molar-refractivity contribution in [2.75, 3.05) is 11.4 Å². The molecule has 0 aromatic carbocycles. The van der Waals surface area contributed by atoms with Crippen LogP contribution in [-0.2, 0) is 0 Å². The van der Waals surface area contributed by atoms with E-state index >= 15 is 0 Å². The second kappa shape index (κ2) is 5.91. The topological polar surface area (TPSA) is 54.7 Å². The molecule has 5 heteroatoms. The highest BCUT2D eigenvalue weighted by Crippen LogP contribution is 2.26. The molecule has 0 aliphatic carbocycles. The smallest absolute Gasteiger partial charge is 0.270 e. The van der Waals surface area contributed by atoms with E-state index in [1.807, 2.05) is 13.0 Å². The van der Waals surface area contributed by atoms with Gasteiger partial charge in [0.2, 0.25) is 0 Å². The Morgan fingerprint density at radius 2 is 2.23 bits per heavy atom. The summed E-state index contributed by atoms with van der Waals surface area (Å²) in [6.45, 7) is 4.93. The Morgan fingerprint density at radius 3 is 2.95 bits per heavy atom. The highest BCUT2D eigenvalue weighted by molar-refractivity contribution is 5.83. The van der Waals surface area contributed by atoms with Crippen LogP contribution in [0.1, 0.15) is 48.5 Å². The predicted octanol–water partition coefficient (Wildman–Crippen LogP) is 2.58. The van der Waals surface area contributed by atoms with Crippen LogP contribution in [0.5, 0.6) is 0 Å². The van der Waals surface area contributed by atoms with Gasteiger partial charge in [-0.25, -0.2) is 4.98 Å². The highest BCUT2D eigenvalue weighted by Gasteiger charge is 2.26.